The minimum Gasteiger partial charge on any atom is -0.440 e. The molecule has 0 aromatic heterocycles. The first-order valence-electron chi connectivity index (χ1n) is 10.6. The molecular weight excluding hydrogens is 392 g/mol. The molecule has 3 aromatic carbocycles. The number of amides is 1. The lowest BCUT2D eigenvalue weighted by molar-refractivity contribution is -0.105. The maximum atomic E-state index is 12.3. The topological polar surface area (TPSA) is 60.0 Å². The summed E-state index contributed by atoms with van der Waals surface area (Å²) in [6, 6.07) is 25.0. The van der Waals surface area contributed by atoms with E-state index >= 15 is 0 Å². The number of carbonyl (C=O) groups excluding carboxylic acids is 1. The van der Waals surface area contributed by atoms with Gasteiger partial charge >= 0.3 is 11.9 Å². The van der Waals surface area contributed by atoms with E-state index in [1.807, 2.05) is 60.7 Å². The fourth-order valence-electron chi connectivity index (χ4n) is 4.01. The van der Waals surface area contributed by atoms with Gasteiger partial charge in [0.1, 0.15) is 0 Å². The molecule has 2 aliphatic rings. The number of anilines is 1. The number of ether oxygens (including phenoxy) is 2. The Morgan fingerprint density at radius 1 is 0.806 bits per heavy atom. The lowest BCUT2D eigenvalue weighted by atomic mass is 9.97. The van der Waals surface area contributed by atoms with E-state index in [9.17, 15) is 4.79 Å². The summed E-state index contributed by atoms with van der Waals surface area (Å²) in [5.41, 5.74) is 2.36. The third-order valence-electron chi connectivity index (χ3n) is 5.53. The lowest BCUT2D eigenvalue weighted by Crippen LogP contribution is -2.36. The summed E-state index contributed by atoms with van der Waals surface area (Å²) in [4.78, 5) is 17.7. The Morgan fingerprint density at radius 3 is 2.06 bits per heavy atom. The smallest absolute Gasteiger partial charge is 0.430 e. The van der Waals surface area contributed by atoms with Crippen molar-refractivity contribution in [3.63, 3.8) is 0 Å². The SMILES string of the molecule is O=C(Nc1ccc2c(c1)OC(c1ccccc1)(c1ccccc1)O2)ON1CCCCC1. The molecule has 2 heterocycles. The molecule has 0 bridgehead atoms. The van der Waals surface area contributed by atoms with Crippen molar-refractivity contribution in [2.24, 2.45) is 0 Å². The van der Waals surface area contributed by atoms with E-state index in [1.165, 1.54) is 6.42 Å². The van der Waals surface area contributed by atoms with Crippen LogP contribution >= 0.6 is 0 Å². The molecule has 0 saturated carbocycles. The van der Waals surface area contributed by atoms with E-state index < -0.39 is 11.9 Å². The number of hydroxylamine groups is 2. The van der Waals surface area contributed by atoms with Crippen LogP contribution in [0, 0.1) is 0 Å². The molecule has 31 heavy (non-hydrogen) atoms. The Morgan fingerprint density at radius 2 is 1.42 bits per heavy atom. The van der Waals surface area contributed by atoms with Crippen molar-refractivity contribution in [1.82, 2.24) is 5.06 Å². The van der Waals surface area contributed by atoms with Crippen LogP contribution in [0.25, 0.3) is 0 Å². The summed E-state index contributed by atoms with van der Waals surface area (Å²) in [5.74, 6) is 0.0868. The summed E-state index contributed by atoms with van der Waals surface area (Å²) >= 11 is 0. The van der Waals surface area contributed by atoms with Gasteiger partial charge in [-0.25, -0.2) is 4.79 Å². The predicted molar refractivity (Wildman–Crippen MR) is 117 cm³/mol. The van der Waals surface area contributed by atoms with E-state index in [2.05, 4.69) is 5.32 Å². The first kappa shape index (κ1) is 19.5. The van der Waals surface area contributed by atoms with Crippen LogP contribution in [0.5, 0.6) is 11.5 Å². The monoisotopic (exact) mass is 416 g/mol. The largest absolute Gasteiger partial charge is 0.440 e. The van der Waals surface area contributed by atoms with Crippen molar-refractivity contribution in [1.29, 1.82) is 0 Å². The summed E-state index contributed by atoms with van der Waals surface area (Å²) < 4.78 is 12.8. The van der Waals surface area contributed by atoms with Gasteiger partial charge in [-0.05, 0) is 25.0 Å². The molecule has 2 aliphatic heterocycles. The van der Waals surface area contributed by atoms with Crippen molar-refractivity contribution < 1.29 is 19.1 Å². The van der Waals surface area contributed by atoms with Gasteiger partial charge in [0.05, 0.1) is 0 Å². The van der Waals surface area contributed by atoms with Crippen LogP contribution in [-0.2, 0) is 10.6 Å². The number of nitrogens with zero attached hydrogens (tertiary/aromatic N) is 1. The first-order chi connectivity index (χ1) is 15.2. The van der Waals surface area contributed by atoms with E-state index in [-0.39, 0.29) is 0 Å². The number of nitrogens with one attached hydrogen (secondary N) is 1. The van der Waals surface area contributed by atoms with Gasteiger partial charge in [-0.1, -0.05) is 67.1 Å². The van der Waals surface area contributed by atoms with Gasteiger partial charge in [0, 0.05) is 36.0 Å². The minimum atomic E-state index is -1.09. The quantitative estimate of drug-likeness (QED) is 0.625. The molecule has 1 fully saturated rings. The molecule has 0 unspecified atom stereocenters. The third-order valence-corrected chi connectivity index (χ3v) is 5.53. The van der Waals surface area contributed by atoms with E-state index in [1.54, 1.807) is 23.3 Å². The summed E-state index contributed by atoms with van der Waals surface area (Å²) in [5, 5.41) is 4.50. The van der Waals surface area contributed by atoms with Crippen LogP contribution in [-0.4, -0.2) is 24.2 Å². The van der Waals surface area contributed by atoms with Crippen LogP contribution in [0.1, 0.15) is 30.4 Å². The van der Waals surface area contributed by atoms with Crippen LogP contribution in [0.3, 0.4) is 0 Å². The average Bonchev–Trinajstić information content (AvgIpc) is 3.21. The number of carbonyl (C=O) groups is 1. The molecule has 0 aliphatic carbocycles. The Labute approximate surface area is 181 Å². The Hall–Kier alpha value is -3.51. The predicted octanol–water partition coefficient (Wildman–Crippen LogP) is 5.31. The highest BCUT2D eigenvalue weighted by Crippen LogP contribution is 2.48. The van der Waals surface area contributed by atoms with Crippen molar-refractivity contribution in [3.05, 3.63) is 90.0 Å². The Bertz CT molecular complexity index is 1010. The van der Waals surface area contributed by atoms with Gasteiger partial charge in [0.15, 0.2) is 11.5 Å². The van der Waals surface area contributed by atoms with Crippen LogP contribution in [0.2, 0.25) is 0 Å². The molecule has 5 rings (SSSR count). The standard InChI is InChI=1S/C25H24N2O4/c28-24(31-27-16-8-3-9-17-27)26-21-14-15-22-23(18-21)30-25(29-22,19-10-4-1-5-11-19)20-12-6-2-7-13-20/h1-2,4-7,10-15,18H,3,8-9,16-17H2,(H,26,28). The Kier molecular flexibility index (Phi) is 5.22. The molecule has 0 radical (unpaired) electrons. The number of rotatable bonds is 4. The zero-order valence-electron chi connectivity index (χ0n) is 17.1. The van der Waals surface area contributed by atoms with Crippen molar-refractivity contribution in [3.8, 4) is 11.5 Å². The van der Waals surface area contributed by atoms with Crippen molar-refractivity contribution >= 4 is 11.8 Å². The molecule has 3 aromatic rings. The summed E-state index contributed by atoms with van der Waals surface area (Å²) in [7, 11) is 0. The van der Waals surface area contributed by atoms with Crippen LogP contribution in [0.15, 0.2) is 78.9 Å². The zero-order chi connectivity index (χ0) is 21.1. The highest BCUT2D eigenvalue weighted by atomic mass is 16.7. The molecule has 0 atom stereocenters. The van der Waals surface area contributed by atoms with E-state index in [0.29, 0.717) is 17.2 Å². The molecule has 6 heteroatoms. The first-order valence-corrected chi connectivity index (χ1v) is 10.6. The number of benzene rings is 3. The molecule has 1 N–H and O–H groups in total. The summed E-state index contributed by atoms with van der Waals surface area (Å²) in [6.45, 7) is 1.54. The van der Waals surface area contributed by atoms with E-state index in [4.69, 9.17) is 14.3 Å². The fraction of sp³-hybridized carbons (Fsp3) is 0.240. The molecule has 1 amide bonds. The molecular formula is C25H24N2O4. The van der Waals surface area contributed by atoms with Gasteiger partial charge in [-0.2, -0.15) is 0 Å². The molecule has 6 nitrogen and oxygen atoms in total. The third kappa shape index (κ3) is 3.94. The van der Waals surface area contributed by atoms with Gasteiger partial charge in [0.25, 0.3) is 0 Å². The van der Waals surface area contributed by atoms with Gasteiger partial charge in [0.2, 0.25) is 0 Å². The van der Waals surface area contributed by atoms with Crippen molar-refractivity contribution in [2.45, 2.75) is 25.0 Å². The molecule has 1 saturated heterocycles. The van der Waals surface area contributed by atoms with Gasteiger partial charge in [-0.15, -0.1) is 5.06 Å². The molecule has 158 valence electrons. The van der Waals surface area contributed by atoms with Crippen molar-refractivity contribution in [2.75, 3.05) is 18.4 Å². The molecule has 0 spiro atoms. The van der Waals surface area contributed by atoms with Crippen LogP contribution < -0.4 is 14.8 Å². The van der Waals surface area contributed by atoms with Gasteiger partial charge < -0.3 is 14.3 Å². The highest BCUT2D eigenvalue weighted by molar-refractivity contribution is 5.85. The average molecular weight is 416 g/mol. The van der Waals surface area contributed by atoms with E-state index in [0.717, 1.165) is 37.1 Å². The maximum Gasteiger partial charge on any atom is 0.430 e. The lowest BCUT2D eigenvalue weighted by Gasteiger charge is -2.28. The second-order valence-corrected chi connectivity index (χ2v) is 7.71. The van der Waals surface area contributed by atoms with Crippen LogP contribution in [0.4, 0.5) is 10.5 Å². The number of hydrogen-bond acceptors (Lipinski definition) is 5. The highest BCUT2D eigenvalue weighted by Gasteiger charge is 2.45. The number of piperidine rings is 1. The zero-order valence-corrected chi connectivity index (χ0v) is 17.1. The fourth-order valence-corrected chi connectivity index (χ4v) is 4.01. The van der Waals surface area contributed by atoms with Gasteiger partial charge in [-0.3, -0.25) is 5.32 Å². The second kappa shape index (κ2) is 8.32. The normalized spacial score (nSPS) is 17.2. The summed E-state index contributed by atoms with van der Waals surface area (Å²) in [6.07, 6.45) is 2.75. The number of hydrogen-bond donors (Lipinski definition) is 1. The number of fused-ring (bicyclic) bond motifs is 1. The minimum absolute atomic E-state index is 0.502. The maximum absolute atomic E-state index is 12.3. The Balaban J connectivity index is 1.38. The second-order valence-electron chi connectivity index (χ2n) is 7.71.